The van der Waals surface area contributed by atoms with Crippen LogP contribution in [0.4, 0.5) is 0 Å². The van der Waals surface area contributed by atoms with Crippen molar-refractivity contribution in [3.63, 3.8) is 0 Å². The molecule has 0 aliphatic rings. The van der Waals surface area contributed by atoms with E-state index in [4.69, 9.17) is 4.74 Å². The third-order valence-corrected chi connectivity index (χ3v) is 4.63. The van der Waals surface area contributed by atoms with Crippen LogP contribution in [0, 0.1) is 0 Å². The van der Waals surface area contributed by atoms with Crippen molar-refractivity contribution in [2.75, 3.05) is 7.11 Å². The number of hydrogen-bond acceptors (Lipinski definition) is 3. The first-order valence-electron chi connectivity index (χ1n) is 8.64. The number of aromatic nitrogens is 1. The Bertz CT molecular complexity index is 852. The van der Waals surface area contributed by atoms with Gasteiger partial charge in [-0.25, -0.2) is 0 Å². The molecular weight excluding hydrogens is 312 g/mol. The zero-order valence-corrected chi connectivity index (χ0v) is 14.9. The molecule has 130 valence electrons. The third-order valence-electron chi connectivity index (χ3n) is 4.63. The van der Waals surface area contributed by atoms with E-state index < -0.39 is 0 Å². The molecule has 4 heteroatoms. The number of H-pyrrole nitrogens is 1. The number of carbonyl (C=O) groups excluding carboxylic acids is 1. The number of ether oxygens (including phenoxy) is 1. The standard InChI is InChI=1S/C21H24N2O2/c1-4-19(15-9-11-16(25-3)12-10-15)23-14(2)21(24)18-13-22-20-8-6-5-7-17(18)20/h5-14,19,22-23H,4H2,1-3H3/t14-,19+/m1/s1. The average molecular weight is 336 g/mol. The van der Waals surface area contributed by atoms with Gasteiger partial charge >= 0.3 is 0 Å². The van der Waals surface area contributed by atoms with E-state index in [0.29, 0.717) is 0 Å². The summed E-state index contributed by atoms with van der Waals surface area (Å²) in [5.41, 5.74) is 2.88. The SMILES string of the molecule is CC[C@H](N[C@H](C)C(=O)c1c[nH]c2ccccc12)c1ccc(OC)cc1. The van der Waals surface area contributed by atoms with Crippen LogP contribution in [0.3, 0.4) is 0 Å². The summed E-state index contributed by atoms with van der Waals surface area (Å²) >= 11 is 0. The van der Waals surface area contributed by atoms with E-state index in [1.165, 1.54) is 0 Å². The van der Waals surface area contributed by atoms with Crippen molar-refractivity contribution in [3.8, 4) is 5.75 Å². The van der Waals surface area contributed by atoms with Gasteiger partial charge in [-0.3, -0.25) is 4.79 Å². The smallest absolute Gasteiger partial charge is 0.181 e. The maximum Gasteiger partial charge on any atom is 0.181 e. The summed E-state index contributed by atoms with van der Waals surface area (Å²) in [6.45, 7) is 4.04. The number of Topliss-reactive ketones (excluding diaryl/α,β-unsaturated/α-hetero) is 1. The number of methoxy groups -OCH3 is 1. The monoisotopic (exact) mass is 336 g/mol. The quantitative estimate of drug-likeness (QED) is 0.625. The van der Waals surface area contributed by atoms with Crippen molar-refractivity contribution in [1.29, 1.82) is 0 Å². The highest BCUT2D eigenvalue weighted by Crippen LogP contribution is 2.23. The van der Waals surface area contributed by atoms with Crippen LogP contribution < -0.4 is 10.1 Å². The zero-order valence-electron chi connectivity index (χ0n) is 14.9. The van der Waals surface area contributed by atoms with E-state index in [1.54, 1.807) is 13.3 Å². The number of nitrogens with one attached hydrogen (secondary N) is 2. The normalized spacial score (nSPS) is 13.6. The van der Waals surface area contributed by atoms with Crippen LogP contribution >= 0.6 is 0 Å². The maximum absolute atomic E-state index is 12.9. The summed E-state index contributed by atoms with van der Waals surface area (Å²) in [7, 11) is 1.66. The molecule has 0 bridgehead atoms. The van der Waals surface area contributed by atoms with Crippen molar-refractivity contribution in [3.05, 3.63) is 65.9 Å². The number of aromatic amines is 1. The minimum absolute atomic E-state index is 0.101. The van der Waals surface area contributed by atoms with Gasteiger partial charge in [0.2, 0.25) is 0 Å². The molecule has 0 amide bonds. The molecule has 3 rings (SSSR count). The molecule has 3 aromatic rings. The van der Waals surface area contributed by atoms with Gasteiger partial charge in [0.05, 0.1) is 13.2 Å². The Morgan fingerprint density at radius 3 is 2.56 bits per heavy atom. The molecule has 2 N–H and O–H groups in total. The molecule has 2 atom stereocenters. The second-order valence-electron chi connectivity index (χ2n) is 6.23. The Morgan fingerprint density at radius 1 is 1.16 bits per heavy atom. The van der Waals surface area contributed by atoms with Gasteiger partial charge in [-0.15, -0.1) is 0 Å². The number of ketones is 1. The number of rotatable bonds is 7. The fourth-order valence-electron chi connectivity index (χ4n) is 3.17. The lowest BCUT2D eigenvalue weighted by atomic mass is 10.00. The lowest BCUT2D eigenvalue weighted by Crippen LogP contribution is -2.36. The fraction of sp³-hybridized carbons (Fsp3) is 0.286. The summed E-state index contributed by atoms with van der Waals surface area (Å²) in [5, 5.41) is 4.44. The van der Waals surface area contributed by atoms with E-state index in [1.807, 2.05) is 55.5 Å². The van der Waals surface area contributed by atoms with E-state index in [9.17, 15) is 4.79 Å². The highest BCUT2D eigenvalue weighted by molar-refractivity contribution is 6.10. The molecular formula is C21H24N2O2. The van der Waals surface area contributed by atoms with E-state index in [0.717, 1.165) is 34.2 Å². The largest absolute Gasteiger partial charge is 0.497 e. The van der Waals surface area contributed by atoms with Crippen LogP contribution in [0.1, 0.15) is 42.2 Å². The van der Waals surface area contributed by atoms with Crippen molar-refractivity contribution in [2.45, 2.75) is 32.4 Å². The number of fused-ring (bicyclic) bond motifs is 1. The first kappa shape index (κ1) is 17.2. The van der Waals surface area contributed by atoms with Crippen LogP contribution in [0.2, 0.25) is 0 Å². The summed E-state index contributed by atoms with van der Waals surface area (Å²) in [4.78, 5) is 16.1. The Morgan fingerprint density at radius 2 is 1.88 bits per heavy atom. The molecule has 1 heterocycles. The van der Waals surface area contributed by atoms with Crippen molar-refractivity contribution in [2.24, 2.45) is 0 Å². The molecule has 1 aromatic heterocycles. The average Bonchev–Trinajstić information content (AvgIpc) is 3.09. The second-order valence-corrected chi connectivity index (χ2v) is 6.23. The molecule has 0 unspecified atom stereocenters. The predicted octanol–water partition coefficient (Wildman–Crippen LogP) is 4.49. The van der Waals surface area contributed by atoms with Gasteiger partial charge in [-0.2, -0.15) is 0 Å². The Hall–Kier alpha value is -2.59. The van der Waals surface area contributed by atoms with Gasteiger partial charge in [0, 0.05) is 28.7 Å². The first-order valence-corrected chi connectivity index (χ1v) is 8.64. The third kappa shape index (κ3) is 3.59. The van der Waals surface area contributed by atoms with Crippen LogP contribution in [0.5, 0.6) is 5.75 Å². The maximum atomic E-state index is 12.9. The van der Waals surface area contributed by atoms with Crippen LogP contribution in [-0.4, -0.2) is 23.9 Å². The summed E-state index contributed by atoms with van der Waals surface area (Å²) in [6.07, 6.45) is 2.71. The number of carbonyl (C=O) groups is 1. The lowest BCUT2D eigenvalue weighted by molar-refractivity contribution is 0.0945. The van der Waals surface area contributed by atoms with E-state index in [2.05, 4.69) is 17.2 Å². The lowest BCUT2D eigenvalue weighted by Gasteiger charge is -2.22. The topological polar surface area (TPSA) is 54.1 Å². The predicted molar refractivity (Wildman–Crippen MR) is 101 cm³/mol. The molecule has 0 saturated carbocycles. The number of hydrogen-bond donors (Lipinski definition) is 2. The number of para-hydroxylation sites is 1. The first-order chi connectivity index (χ1) is 12.1. The molecule has 0 saturated heterocycles. The van der Waals surface area contributed by atoms with Gasteiger partial charge in [-0.1, -0.05) is 37.3 Å². The molecule has 25 heavy (non-hydrogen) atoms. The van der Waals surface area contributed by atoms with Gasteiger partial charge in [0.15, 0.2) is 5.78 Å². The Labute approximate surface area is 148 Å². The highest BCUT2D eigenvalue weighted by Gasteiger charge is 2.21. The molecule has 2 aromatic carbocycles. The van der Waals surface area contributed by atoms with Crippen LogP contribution in [-0.2, 0) is 0 Å². The van der Waals surface area contributed by atoms with Crippen LogP contribution in [0.25, 0.3) is 10.9 Å². The van der Waals surface area contributed by atoms with E-state index >= 15 is 0 Å². The van der Waals surface area contributed by atoms with Crippen molar-refractivity contribution in [1.82, 2.24) is 10.3 Å². The minimum Gasteiger partial charge on any atom is -0.497 e. The van der Waals surface area contributed by atoms with E-state index in [-0.39, 0.29) is 17.9 Å². The summed E-state index contributed by atoms with van der Waals surface area (Å²) < 4.78 is 5.21. The molecule has 0 radical (unpaired) electrons. The fourth-order valence-corrected chi connectivity index (χ4v) is 3.17. The second kappa shape index (κ2) is 7.53. The molecule has 0 fully saturated rings. The molecule has 4 nitrogen and oxygen atoms in total. The molecule has 0 spiro atoms. The van der Waals surface area contributed by atoms with Gasteiger partial charge in [0.1, 0.15) is 5.75 Å². The van der Waals surface area contributed by atoms with Gasteiger partial charge < -0.3 is 15.0 Å². The Balaban J connectivity index is 1.77. The summed E-state index contributed by atoms with van der Waals surface area (Å²) in [5.74, 6) is 0.936. The highest BCUT2D eigenvalue weighted by atomic mass is 16.5. The van der Waals surface area contributed by atoms with Crippen LogP contribution in [0.15, 0.2) is 54.7 Å². The zero-order chi connectivity index (χ0) is 17.8. The molecule has 0 aliphatic carbocycles. The Kier molecular flexibility index (Phi) is 5.19. The van der Waals surface area contributed by atoms with Crippen molar-refractivity contribution >= 4 is 16.7 Å². The molecule has 0 aliphatic heterocycles. The van der Waals surface area contributed by atoms with Gasteiger partial charge in [-0.05, 0) is 37.1 Å². The number of benzene rings is 2. The summed E-state index contributed by atoms with van der Waals surface area (Å²) in [6, 6.07) is 15.7. The van der Waals surface area contributed by atoms with Crippen molar-refractivity contribution < 1.29 is 9.53 Å². The van der Waals surface area contributed by atoms with Gasteiger partial charge in [0.25, 0.3) is 0 Å². The minimum atomic E-state index is -0.272.